The van der Waals surface area contributed by atoms with Gasteiger partial charge in [-0.05, 0) is 18.0 Å². The Hall–Kier alpha value is -0.480. The van der Waals surface area contributed by atoms with Crippen LogP contribution in [0.1, 0.15) is 63.6 Å². The van der Waals surface area contributed by atoms with Gasteiger partial charge < -0.3 is 5.73 Å². The van der Waals surface area contributed by atoms with Crippen molar-refractivity contribution in [1.82, 2.24) is 9.59 Å². The molecule has 0 aliphatic rings. The highest BCUT2D eigenvalue weighted by Crippen LogP contribution is 2.16. The number of aromatic nitrogens is 2. The third kappa shape index (κ3) is 5.23. The van der Waals surface area contributed by atoms with E-state index in [4.69, 9.17) is 5.73 Å². The maximum atomic E-state index is 5.98. The predicted octanol–water partition coefficient (Wildman–Crippen LogP) is 3.29. The molecule has 0 spiro atoms. The topological polar surface area (TPSA) is 51.8 Å². The van der Waals surface area contributed by atoms with E-state index in [1.165, 1.54) is 50.1 Å². The first-order valence-corrected chi connectivity index (χ1v) is 6.70. The molecule has 0 aromatic carbocycles. The number of hydrogen-bond acceptors (Lipinski definition) is 4. The van der Waals surface area contributed by atoms with E-state index in [2.05, 4.69) is 16.5 Å². The van der Waals surface area contributed by atoms with E-state index in [0.717, 1.165) is 12.1 Å². The Labute approximate surface area is 96.2 Å². The minimum absolute atomic E-state index is 0.0925. The summed E-state index contributed by atoms with van der Waals surface area (Å²) in [6.07, 6.45) is 8.93. The van der Waals surface area contributed by atoms with Crippen LogP contribution in [0.4, 0.5) is 0 Å². The van der Waals surface area contributed by atoms with E-state index in [0.29, 0.717) is 0 Å². The van der Waals surface area contributed by atoms with Crippen LogP contribution in [0.25, 0.3) is 0 Å². The normalized spacial score (nSPS) is 12.9. The number of hydrogen-bond donors (Lipinski definition) is 1. The van der Waals surface area contributed by atoms with Crippen molar-refractivity contribution in [3.05, 3.63) is 11.1 Å². The molecule has 1 aromatic rings. The van der Waals surface area contributed by atoms with Crippen molar-refractivity contribution in [2.45, 2.75) is 57.9 Å². The van der Waals surface area contributed by atoms with Crippen LogP contribution in [-0.4, -0.2) is 9.59 Å². The van der Waals surface area contributed by atoms with Crippen molar-refractivity contribution < 1.29 is 0 Å². The van der Waals surface area contributed by atoms with Crippen LogP contribution in [0, 0.1) is 0 Å². The van der Waals surface area contributed by atoms with Gasteiger partial charge in [0.15, 0.2) is 0 Å². The largest absolute Gasteiger partial charge is 0.323 e. The summed E-state index contributed by atoms with van der Waals surface area (Å²) in [7, 11) is 0. The van der Waals surface area contributed by atoms with Gasteiger partial charge in [0, 0.05) is 11.4 Å². The van der Waals surface area contributed by atoms with Crippen molar-refractivity contribution in [3.63, 3.8) is 0 Å². The molecular weight excluding hydrogens is 206 g/mol. The summed E-state index contributed by atoms with van der Waals surface area (Å²) in [5.74, 6) is 0. The van der Waals surface area contributed by atoms with Gasteiger partial charge in [0.25, 0.3) is 0 Å². The molecule has 0 saturated heterocycles. The Morgan fingerprint density at radius 1 is 1.27 bits per heavy atom. The number of unbranched alkanes of at least 4 members (excludes halogenated alkanes) is 5. The van der Waals surface area contributed by atoms with Crippen LogP contribution in [0.15, 0.2) is 5.38 Å². The number of rotatable bonds is 8. The molecule has 1 heterocycles. The van der Waals surface area contributed by atoms with Crippen LogP contribution < -0.4 is 5.73 Å². The molecule has 0 amide bonds. The molecule has 1 atom stereocenters. The maximum Gasteiger partial charge on any atom is 0.0922 e. The van der Waals surface area contributed by atoms with Crippen molar-refractivity contribution in [1.29, 1.82) is 0 Å². The summed E-state index contributed by atoms with van der Waals surface area (Å²) in [5, 5.41) is 5.93. The van der Waals surface area contributed by atoms with E-state index in [9.17, 15) is 0 Å². The molecule has 0 fully saturated rings. The lowest BCUT2D eigenvalue weighted by atomic mass is 10.0. The molecule has 15 heavy (non-hydrogen) atoms. The van der Waals surface area contributed by atoms with Crippen molar-refractivity contribution >= 4 is 11.5 Å². The van der Waals surface area contributed by atoms with Gasteiger partial charge in [0.05, 0.1) is 5.69 Å². The fraction of sp³-hybridized carbons (Fsp3) is 0.818. The first kappa shape index (κ1) is 12.6. The zero-order chi connectivity index (χ0) is 10.9. The van der Waals surface area contributed by atoms with Gasteiger partial charge in [-0.15, -0.1) is 5.10 Å². The molecule has 0 aliphatic heterocycles. The first-order chi connectivity index (χ1) is 7.34. The highest BCUT2D eigenvalue weighted by molar-refractivity contribution is 7.03. The van der Waals surface area contributed by atoms with Crippen LogP contribution in [0.2, 0.25) is 0 Å². The van der Waals surface area contributed by atoms with Crippen LogP contribution in [0.3, 0.4) is 0 Å². The molecule has 4 heteroatoms. The van der Waals surface area contributed by atoms with Crippen LogP contribution >= 0.6 is 11.5 Å². The third-order valence-electron chi connectivity index (χ3n) is 2.63. The Balaban J connectivity index is 2.00. The highest BCUT2D eigenvalue weighted by Gasteiger charge is 2.07. The zero-order valence-electron chi connectivity index (χ0n) is 9.48. The van der Waals surface area contributed by atoms with E-state index < -0.39 is 0 Å². The summed E-state index contributed by atoms with van der Waals surface area (Å²) >= 11 is 1.38. The average Bonchev–Trinajstić information content (AvgIpc) is 2.76. The van der Waals surface area contributed by atoms with Gasteiger partial charge in [-0.3, -0.25) is 0 Å². The van der Waals surface area contributed by atoms with Gasteiger partial charge in [-0.2, -0.15) is 0 Å². The summed E-state index contributed by atoms with van der Waals surface area (Å²) in [6.45, 7) is 2.24. The molecule has 0 bridgehead atoms. The molecule has 1 rings (SSSR count). The van der Waals surface area contributed by atoms with Crippen molar-refractivity contribution in [3.8, 4) is 0 Å². The van der Waals surface area contributed by atoms with E-state index in [-0.39, 0.29) is 6.04 Å². The van der Waals surface area contributed by atoms with Gasteiger partial charge >= 0.3 is 0 Å². The summed E-state index contributed by atoms with van der Waals surface area (Å²) < 4.78 is 3.82. The molecule has 3 nitrogen and oxygen atoms in total. The lowest BCUT2D eigenvalue weighted by Gasteiger charge is -2.07. The molecule has 0 aliphatic carbocycles. The average molecular weight is 227 g/mol. The SMILES string of the molecule is CCCCCCCCC(N)c1csnn1. The second-order valence-corrected chi connectivity index (χ2v) is 4.60. The lowest BCUT2D eigenvalue weighted by Crippen LogP contribution is -2.10. The molecular formula is C11H21N3S. The predicted molar refractivity (Wildman–Crippen MR) is 64.8 cm³/mol. The molecule has 1 aromatic heterocycles. The summed E-state index contributed by atoms with van der Waals surface area (Å²) in [4.78, 5) is 0. The number of nitrogens with two attached hydrogens (primary N) is 1. The zero-order valence-corrected chi connectivity index (χ0v) is 10.3. The smallest absolute Gasteiger partial charge is 0.0922 e. The molecule has 0 radical (unpaired) electrons. The Morgan fingerprint density at radius 3 is 2.67 bits per heavy atom. The van der Waals surface area contributed by atoms with E-state index in [1.54, 1.807) is 0 Å². The van der Waals surface area contributed by atoms with Gasteiger partial charge in [-0.1, -0.05) is 49.9 Å². The van der Waals surface area contributed by atoms with E-state index in [1.807, 2.05) is 5.38 Å². The van der Waals surface area contributed by atoms with Crippen LogP contribution in [0.5, 0.6) is 0 Å². The Morgan fingerprint density at radius 2 is 2.00 bits per heavy atom. The maximum absolute atomic E-state index is 5.98. The molecule has 0 saturated carbocycles. The molecule has 2 N–H and O–H groups in total. The minimum atomic E-state index is 0.0925. The monoisotopic (exact) mass is 227 g/mol. The molecule has 86 valence electrons. The quantitative estimate of drug-likeness (QED) is 0.693. The van der Waals surface area contributed by atoms with Crippen molar-refractivity contribution in [2.24, 2.45) is 5.73 Å². The standard InChI is InChI=1S/C11H21N3S/c1-2-3-4-5-6-7-8-10(12)11-9-15-14-13-11/h9-10H,2-8,12H2,1H3. The Bertz CT molecular complexity index is 236. The van der Waals surface area contributed by atoms with E-state index >= 15 is 0 Å². The second kappa shape index (κ2) is 7.77. The Kier molecular flexibility index (Phi) is 6.52. The second-order valence-electron chi connectivity index (χ2n) is 3.99. The first-order valence-electron chi connectivity index (χ1n) is 5.87. The minimum Gasteiger partial charge on any atom is -0.323 e. The third-order valence-corrected chi connectivity index (χ3v) is 3.15. The van der Waals surface area contributed by atoms with Gasteiger partial charge in [0.2, 0.25) is 0 Å². The highest BCUT2D eigenvalue weighted by atomic mass is 32.1. The van der Waals surface area contributed by atoms with Gasteiger partial charge in [-0.25, -0.2) is 0 Å². The van der Waals surface area contributed by atoms with Gasteiger partial charge in [0.1, 0.15) is 0 Å². The number of nitrogens with zero attached hydrogens (tertiary/aromatic N) is 2. The van der Waals surface area contributed by atoms with Crippen LogP contribution in [-0.2, 0) is 0 Å². The summed E-state index contributed by atoms with van der Waals surface area (Å²) in [6, 6.07) is 0.0925. The van der Waals surface area contributed by atoms with Crippen molar-refractivity contribution in [2.75, 3.05) is 0 Å². The molecule has 1 unspecified atom stereocenters. The fourth-order valence-electron chi connectivity index (χ4n) is 1.63. The fourth-order valence-corrected chi connectivity index (χ4v) is 2.14. The lowest BCUT2D eigenvalue weighted by molar-refractivity contribution is 0.540. The summed E-state index contributed by atoms with van der Waals surface area (Å²) in [5.41, 5.74) is 6.94.